The minimum absolute atomic E-state index is 0.0724. The molecular weight excluding hydrogens is 304 g/mol. The lowest BCUT2D eigenvalue weighted by Crippen LogP contribution is -2.24. The molecule has 1 fully saturated rings. The fourth-order valence-electron chi connectivity index (χ4n) is 2.92. The number of carbonyl (C=O) groups is 1. The van der Waals surface area contributed by atoms with Gasteiger partial charge in [0.15, 0.2) is 0 Å². The lowest BCUT2D eigenvalue weighted by Gasteiger charge is -2.16. The molecule has 2 aromatic heterocycles. The van der Waals surface area contributed by atoms with E-state index in [9.17, 15) is 4.79 Å². The van der Waals surface area contributed by atoms with Crippen molar-refractivity contribution in [3.8, 4) is 11.5 Å². The number of rotatable bonds is 3. The summed E-state index contributed by atoms with van der Waals surface area (Å²) in [5, 5.41) is 3.99. The third-order valence-corrected chi connectivity index (χ3v) is 4.12. The minimum Gasteiger partial charge on any atom is -0.339 e. The number of amides is 1. The molecule has 1 aromatic carbocycles. The molecular formula is C18H16N4O2. The Kier molecular flexibility index (Phi) is 3.57. The summed E-state index contributed by atoms with van der Waals surface area (Å²) in [7, 11) is 0. The number of benzene rings is 1. The van der Waals surface area contributed by atoms with Crippen LogP contribution in [0.1, 0.15) is 23.8 Å². The highest BCUT2D eigenvalue weighted by Crippen LogP contribution is 2.32. The lowest BCUT2D eigenvalue weighted by molar-refractivity contribution is -0.117. The van der Waals surface area contributed by atoms with Crippen molar-refractivity contribution >= 4 is 11.6 Å². The van der Waals surface area contributed by atoms with E-state index >= 15 is 0 Å². The average molecular weight is 320 g/mol. The van der Waals surface area contributed by atoms with E-state index in [0.717, 1.165) is 11.3 Å². The summed E-state index contributed by atoms with van der Waals surface area (Å²) in [5.41, 5.74) is 2.69. The monoisotopic (exact) mass is 320 g/mol. The molecule has 0 saturated carbocycles. The van der Waals surface area contributed by atoms with Gasteiger partial charge in [-0.2, -0.15) is 4.98 Å². The first kappa shape index (κ1) is 14.6. The van der Waals surface area contributed by atoms with E-state index in [4.69, 9.17) is 4.52 Å². The van der Waals surface area contributed by atoms with Gasteiger partial charge in [0.05, 0.1) is 5.92 Å². The molecule has 1 saturated heterocycles. The molecule has 1 unspecified atom stereocenters. The second-order valence-electron chi connectivity index (χ2n) is 5.92. The molecule has 6 heteroatoms. The third kappa shape index (κ3) is 2.67. The van der Waals surface area contributed by atoms with Crippen LogP contribution in [-0.2, 0) is 4.79 Å². The van der Waals surface area contributed by atoms with Gasteiger partial charge in [-0.15, -0.1) is 0 Å². The molecule has 24 heavy (non-hydrogen) atoms. The van der Waals surface area contributed by atoms with Gasteiger partial charge in [-0.05, 0) is 36.8 Å². The molecule has 3 heterocycles. The lowest BCUT2D eigenvalue weighted by atomic mass is 10.1. The number of hydrogen-bond donors (Lipinski definition) is 0. The van der Waals surface area contributed by atoms with Crippen LogP contribution < -0.4 is 4.90 Å². The Morgan fingerprint density at radius 2 is 2.12 bits per heavy atom. The van der Waals surface area contributed by atoms with Crippen LogP contribution in [-0.4, -0.2) is 27.6 Å². The van der Waals surface area contributed by atoms with Gasteiger partial charge in [-0.25, -0.2) is 0 Å². The standard InChI is InChI=1S/C18H16N4O2/c1-12-5-4-6-14(9-12)22-11-13(10-16(22)23)18-20-17(21-24-18)15-7-2-3-8-19-15/h2-9,13H,10-11H2,1H3. The first-order valence-electron chi connectivity index (χ1n) is 7.83. The van der Waals surface area contributed by atoms with Crippen LogP contribution in [0.15, 0.2) is 53.2 Å². The van der Waals surface area contributed by atoms with Crippen molar-refractivity contribution in [2.24, 2.45) is 0 Å². The average Bonchev–Trinajstić information content (AvgIpc) is 3.22. The van der Waals surface area contributed by atoms with Crippen molar-refractivity contribution in [3.05, 3.63) is 60.1 Å². The van der Waals surface area contributed by atoms with E-state index in [1.165, 1.54) is 0 Å². The zero-order chi connectivity index (χ0) is 16.5. The zero-order valence-electron chi connectivity index (χ0n) is 13.2. The number of aromatic nitrogens is 3. The van der Waals surface area contributed by atoms with Gasteiger partial charge in [0.1, 0.15) is 5.69 Å². The number of aryl methyl sites for hydroxylation is 1. The van der Waals surface area contributed by atoms with Crippen molar-refractivity contribution in [2.45, 2.75) is 19.3 Å². The van der Waals surface area contributed by atoms with Gasteiger partial charge in [-0.3, -0.25) is 9.78 Å². The van der Waals surface area contributed by atoms with Crippen LogP contribution in [0.5, 0.6) is 0 Å². The highest BCUT2D eigenvalue weighted by atomic mass is 16.5. The topological polar surface area (TPSA) is 72.1 Å². The Morgan fingerprint density at radius 1 is 1.21 bits per heavy atom. The number of carbonyl (C=O) groups excluding carboxylic acids is 1. The number of hydrogen-bond acceptors (Lipinski definition) is 5. The zero-order valence-corrected chi connectivity index (χ0v) is 13.2. The summed E-state index contributed by atoms with van der Waals surface area (Å²) < 4.78 is 5.38. The van der Waals surface area contributed by atoms with E-state index in [-0.39, 0.29) is 11.8 Å². The fourth-order valence-corrected chi connectivity index (χ4v) is 2.92. The Morgan fingerprint density at radius 3 is 2.92 bits per heavy atom. The molecule has 0 N–H and O–H groups in total. The van der Waals surface area contributed by atoms with Gasteiger partial charge in [0, 0.05) is 24.8 Å². The highest BCUT2D eigenvalue weighted by molar-refractivity contribution is 5.96. The van der Waals surface area contributed by atoms with E-state index in [2.05, 4.69) is 15.1 Å². The molecule has 0 spiro atoms. The van der Waals surface area contributed by atoms with E-state index < -0.39 is 0 Å². The maximum atomic E-state index is 12.4. The van der Waals surface area contributed by atoms with Gasteiger partial charge in [0.25, 0.3) is 0 Å². The molecule has 6 nitrogen and oxygen atoms in total. The van der Waals surface area contributed by atoms with Crippen molar-refractivity contribution < 1.29 is 9.32 Å². The normalized spacial score (nSPS) is 17.5. The van der Waals surface area contributed by atoms with Crippen LogP contribution in [0.3, 0.4) is 0 Å². The molecule has 1 amide bonds. The quantitative estimate of drug-likeness (QED) is 0.742. The summed E-state index contributed by atoms with van der Waals surface area (Å²) in [6.45, 7) is 2.56. The summed E-state index contributed by atoms with van der Waals surface area (Å²) >= 11 is 0. The number of anilines is 1. The molecule has 1 aliphatic rings. The Hall–Kier alpha value is -3.02. The Bertz CT molecular complexity index is 875. The first-order chi connectivity index (χ1) is 11.7. The maximum absolute atomic E-state index is 12.4. The van der Waals surface area contributed by atoms with Crippen LogP contribution in [0.4, 0.5) is 5.69 Å². The summed E-state index contributed by atoms with van der Waals surface area (Å²) in [6.07, 6.45) is 2.06. The molecule has 0 radical (unpaired) electrons. The summed E-state index contributed by atoms with van der Waals surface area (Å²) in [6, 6.07) is 13.5. The maximum Gasteiger partial charge on any atom is 0.232 e. The SMILES string of the molecule is Cc1cccc(N2CC(c3nc(-c4ccccn4)no3)CC2=O)c1. The Labute approximate surface area is 139 Å². The number of nitrogens with zero attached hydrogens (tertiary/aromatic N) is 4. The third-order valence-electron chi connectivity index (χ3n) is 4.12. The van der Waals surface area contributed by atoms with Crippen LogP contribution >= 0.6 is 0 Å². The van der Waals surface area contributed by atoms with Crippen LogP contribution in [0.25, 0.3) is 11.5 Å². The van der Waals surface area contributed by atoms with Crippen LogP contribution in [0.2, 0.25) is 0 Å². The molecule has 120 valence electrons. The predicted molar refractivity (Wildman–Crippen MR) is 88.4 cm³/mol. The fraction of sp³-hybridized carbons (Fsp3) is 0.222. The second kappa shape index (κ2) is 5.88. The predicted octanol–water partition coefficient (Wildman–Crippen LogP) is 2.96. The van der Waals surface area contributed by atoms with E-state index in [0.29, 0.717) is 30.4 Å². The summed E-state index contributed by atoms with van der Waals surface area (Å²) in [4.78, 5) is 22.8. The van der Waals surface area contributed by atoms with Gasteiger partial charge in [0.2, 0.25) is 17.6 Å². The van der Waals surface area contributed by atoms with E-state index in [1.807, 2.05) is 49.4 Å². The molecule has 3 aromatic rings. The highest BCUT2D eigenvalue weighted by Gasteiger charge is 2.35. The first-order valence-corrected chi connectivity index (χ1v) is 7.83. The summed E-state index contributed by atoms with van der Waals surface area (Å²) in [5.74, 6) is 0.914. The molecule has 1 atom stereocenters. The molecule has 4 rings (SSSR count). The Balaban J connectivity index is 1.56. The molecule has 1 aliphatic heterocycles. The van der Waals surface area contributed by atoms with E-state index in [1.54, 1.807) is 11.1 Å². The van der Waals surface area contributed by atoms with Gasteiger partial charge in [-0.1, -0.05) is 23.4 Å². The minimum atomic E-state index is -0.0945. The van der Waals surface area contributed by atoms with Crippen molar-refractivity contribution in [2.75, 3.05) is 11.4 Å². The van der Waals surface area contributed by atoms with Gasteiger partial charge < -0.3 is 9.42 Å². The molecule has 0 aliphatic carbocycles. The van der Waals surface area contributed by atoms with Gasteiger partial charge >= 0.3 is 0 Å². The van der Waals surface area contributed by atoms with Crippen molar-refractivity contribution in [3.63, 3.8) is 0 Å². The number of pyridine rings is 1. The second-order valence-corrected chi connectivity index (χ2v) is 5.92. The van der Waals surface area contributed by atoms with Crippen molar-refractivity contribution in [1.82, 2.24) is 15.1 Å². The van der Waals surface area contributed by atoms with Crippen molar-refractivity contribution in [1.29, 1.82) is 0 Å². The van der Waals surface area contributed by atoms with Crippen LogP contribution in [0, 0.1) is 6.92 Å². The largest absolute Gasteiger partial charge is 0.339 e. The molecule has 0 bridgehead atoms. The smallest absolute Gasteiger partial charge is 0.232 e.